The fraction of sp³-hybridized carbons (Fsp3) is 0.455. The molecule has 144 valence electrons. The van der Waals surface area contributed by atoms with Crippen molar-refractivity contribution in [1.82, 2.24) is 5.32 Å². The quantitative estimate of drug-likeness (QED) is 0.773. The number of anilines is 1. The molecule has 5 nitrogen and oxygen atoms in total. The van der Waals surface area contributed by atoms with Gasteiger partial charge in [-0.2, -0.15) is 0 Å². The van der Waals surface area contributed by atoms with Gasteiger partial charge in [0.05, 0.1) is 12.2 Å². The van der Waals surface area contributed by atoms with Gasteiger partial charge in [-0.1, -0.05) is 49.7 Å². The molecule has 1 aliphatic heterocycles. The molecule has 1 aromatic heterocycles. The highest BCUT2D eigenvalue weighted by Crippen LogP contribution is 2.18. The molecule has 2 aromatic rings. The lowest BCUT2D eigenvalue weighted by Gasteiger charge is -2.32. The molecule has 2 heterocycles. The number of nitrogens with zero attached hydrogens (tertiary/aromatic N) is 1. The fourth-order valence-electron chi connectivity index (χ4n) is 3.83. The first-order valence-electron chi connectivity index (χ1n) is 10.1. The van der Waals surface area contributed by atoms with Gasteiger partial charge in [0, 0.05) is 6.07 Å². The molecular weight excluding hydrogens is 336 g/mol. The molecule has 0 aliphatic carbocycles. The van der Waals surface area contributed by atoms with Crippen molar-refractivity contribution in [2.75, 3.05) is 31.1 Å². The highest BCUT2D eigenvalue weighted by molar-refractivity contribution is 5.80. The molecule has 1 fully saturated rings. The highest BCUT2D eigenvalue weighted by atomic mass is 16.2. The van der Waals surface area contributed by atoms with Crippen LogP contribution in [0.3, 0.4) is 0 Å². The molecule has 0 unspecified atom stereocenters. The fourth-order valence-corrected chi connectivity index (χ4v) is 3.83. The summed E-state index contributed by atoms with van der Waals surface area (Å²) in [5, 5.41) is 3.29. The average molecular weight is 369 g/mol. The minimum Gasteiger partial charge on any atom is -0.344 e. The van der Waals surface area contributed by atoms with Crippen LogP contribution < -0.4 is 20.1 Å². The molecular formula is C22H32N4O+2. The van der Waals surface area contributed by atoms with Crippen LogP contribution in [0, 0.1) is 0 Å². The van der Waals surface area contributed by atoms with Gasteiger partial charge >= 0.3 is 0 Å². The predicted molar refractivity (Wildman–Crippen MR) is 108 cm³/mol. The normalized spacial score (nSPS) is 17.3. The van der Waals surface area contributed by atoms with Crippen molar-refractivity contribution in [2.45, 2.75) is 38.8 Å². The zero-order valence-electron chi connectivity index (χ0n) is 16.4. The number of carbonyl (C=O) groups is 1. The first-order chi connectivity index (χ1) is 13.2. The highest BCUT2D eigenvalue weighted by Gasteiger charge is 2.33. The summed E-state index contributed by atoms with van der Waals surface area (Å²) < 4.78 is 0. The third kappa shape index (κ3) is 5.07. The van der Waals surface area contributed by atoms with Crippen LogP contribution in [-0.4, -0.2) is 38.1 Å². The van der Waals surface area contributed by atoms with Crippen molar-refractivity contribution in [2.24, 2.45) is 0 Å². The molecule has 1 aromatic carbocycles. The maximum Gasteiger partial charge on any atom is 0.278 e. The number of rotatable bonds is 7. The second-order valence-electron chi connectivity index (χ2n) is 7.38. The number of benzene rings is 1. The number of aromatic nitrogens is 1. The Labute approximate surface area is 162 Å². The van der Waals surface area contributed by atoms with Gasteiger partial charge in [0.1, 0.15) is 26.2 Å². The smallest absolute Gasteiger partial charge is 0.278 e. The van der Waals surface area contributed by atoms with E-state index in [0.717, 1.165) is 44.8 Å². The first-order valence-corrected chi connectivity index (χ1v) is 10.1. The standard InChI is InChI=1S/C22H30N4O/c1-3-9-20(19-10-5-4-6-11-19)24-22(27)18(2)25-14-16-26(17-15-25)21-12-7-8-13-23-21/h4-8,10-13,18,20H,3,9,14-17H2,1-2H3,(H,24,27)/p+2/t18-,20+/m1/s1. The Kier molecular flexibility index (Phi) is 6.82. The molecule has 1 amide bonds. The van der Waals surface area contributed by atoms with Gasteiger partial charge in [0.2, 0.25) is 0 Å². The van der Waals surface area contributed by atoms with E-state index in [0.29, 0.717) is 0 Å². The number of piperazine rings is 1. The first kappa shape index (κ1) is 19.4. The molecule has 3 N–H and O–H groups in total. The van der Waals surface area contributed by atoms with Crippen LogP contribution in [-0.2, 0) is 4.79 Å². The van der Waals surface area contributed by atoms with Crippen LogP contribution in [0.5, 0.6) is 0 Å². The van der Waals surface area contributed by atoms with Gasteiger partial charge < -0.3 is 10.2 Å². The van der Waals surface area contributed by atoms with Gasteiger partial charge in [0.25, 0.3) is 11.7 Å². The number of pyridine rings is 1. The van der Waals surface area contributed by atoms with Crippen LogP contribution in [0.2, 0.25) is 0 Å². The summed E-state index contributed by atoms with van der Waals surface area (Å²) in [5.41, 5.74) is 1.19. The van der Waals surface area contributed by atoms with Crippen molar-refractivity contribution in [3.05, 3.63) is 60.3 Å². The van der Waals surface area contributed by atoms with Crippen LogP contribution in [0.4, 0.5) is 5.82 Å². The molecule has 0 saturated carbocycles. The molecule has 27 heavy (non-hydrogen) atoms. The molecule has 5 heteroatoms. The van der Waals surface area contributed by atoms with Crippen molar-refractivity contribution >= 4 is 11.7 Å². The SMILES string of the molecule is CCC[C@H](NC(=O)[C@@H](C)[NH+]1CCN(c2cccc[nH+]2)CC1)c1ccccc1. The second kappa shape index (κ2) is 9.51. The number of carbonyl (C=O) groups excluding carboxylic acids is 1. The Hall–Kier alpha value is -2.40. The summed E-state index contributed by atoms with van der Waals surface area (Å²) in [6.07, 6.45) is 3.98. The van der Waals surface area contributed by atoms with Crippen LogP contribution in [0.1, 0.15) is 38.3 Å². The summed E-state index contributed by atoms with van der Waals surface area (Å²) in [6.45, 7) is 8.09. The molecule has 2 atom stereocenters. The van der Waals surface area contributed by atoms with E-state index in [1.165, 1.54) is 10.5 Å². The van der Waals surface area contributed by atoms with Crippen molar-refractivity contribution in [3.8, 4) is 0 Å². The van der Waals surface area contributed by atoms with E-state index in [9.17, 15) is 4.79 Å². The Morgan fingerprint density at radius 3 is 2.48 bits per heavy atom. The Balaban J connectivity index is 1.55. The second-order valence-corrected chi connectivity index (χ2v) is 7.38. The minimum absolute atomic E-state index is 0.0324. The maximum atomic E-state index is 12.9. The van der Waals surface area contributed by atoms with E-state index < -0.39 is 0 Å². The number of amides is 1. The minimum atomic E-state index is -0.0324. The monoisotopic (exact) mass is 368 g/mol. The lowest BCUT2D eigenvalue weighted by atomic mass is 10.0. The molecule has 0 radical (unpaired) electrons. The van der Waals surface area contributed by atoms with Crippen LogP contribution in [0.25, 0.3) is 0 Å². The van der Waals surface area contributed by atoms with Gasteiger partial charge in [-0.25, -0.2) is 4.98 Å². The van der Waals surface area contributed by atoms with E-state index in [4.69, 9.17) is 0 Å². The van der Waals surface area contributed by atoms with Crippen molar-refractivity contribution < 1.29 is 14.7 Å². The van der Waals surface area contributed by atoms with Crippen molar-refractivity contribution in [3.63, 3.8) is 0 Å². The summed E-state index contributed by atoms with van der Waals surface area (Å²) in [7, 11) is 0. The van der Waals surface area contributed by atoms with E-state index in [-0.39, 0.29) is 18.0 Å². The zero-order chi connectivity index (χ0) is 19.1. The summed E-state index contributed by atoms with van der Waals surface area (Å²) in [6, 6.07) is 16.5. The van der Waals surface area contributed by atoms with Crippen molar-refractivity contribution in [1.29, 1.82) is 0 Å². The third-order valence-electron chi connectivity index (χ3n) is 5.54. The molecule has 0 spiro atoms. The maximum absolute atomic E-state index is 12.9. The largest absolute Gasteiger partial charge is 0.344 e. The Morgan fingerprint density at radius 2 is 1.85 bits per heavy atom. The van der Waals surface area contributed by atoms with Gasteiger partial charge in [-0.3, -0.25) is 9.69 Å². The van der Waals surface area contributed by atoms with E-state index in [2.05, 4.69) is 53.3 Å². The van der Waals surface area contributed by atoms with Gasteiger partial charge in [-0.15, -0.1) is 0 Å². The van der Waals surface area contributed by atoms with Gasteiger partial charge in [-0.05, 0) is 25.0 Å². The predicted octanol–water partition coefficient (Wildman–Crippen LogP) is 1.25. The number of H-pyrrole nitrogens is 1. The summed E-state index contributed by atoms with van der Waals surface area (Å²) in [5.74, 6) is 1.31. The Bertz CT molecular complexity index is 699. The summed E-state index contributed by atoms with van der Waals surface area (Å²) >= 11 is 0. The van der Waals surface area contributed by atoms with E-state index >= 15 is 0 Å². The number of aromatic amines is 1. The lowest BCUT2D eigenvalue weighted by molar-refractivity contribution is -0.914. The number of quaternary nitrogens is 1. The Morgan fingerprint density at radius 1 is 1.15 bits per heavy atom. The number of hydrogen-bond acceptors (Lipinski definition) is 2. The zero-order valence-corrected chi connectivity index (χ0v) is 16.4. The van der Waals surface area contributed by atoms with Gasteiger partial charge in [0.15, 0.2) is 6.04 Å². The topological polar surface area (TPSA) is 50.9 Å². The molecule has 0 bridgehead atoms. The van der Waals surface area contributed by atoms with E-state index in [1.54, 1.807) is 0 Å². The summed E-state index contributed by atoms with van der Waals surface area (Å²) in [4.78, 5) is 19.9. The lowest BCUT2D eigenvalue weighted by Crippen LogP contribution is -3.19. The third-order valence-corrected chi connectivity index (χ3v) is 5.54. The van der Waals surface area contributed by atoms with Crippen LogP contribution in [0.15, 0.2) is 54.7 Å². The van der Waals surface area contributed by atoms with E-state index in [1.807, 2.05) is 30.5 Å². The number of nitrogens with one attached hydrogen (secondary N) is 3. The van der Waals surface area contributed by atoms with Crippen LogP contribution >= 0.6 is 0 Å². The molecule has 1 aliphatic rings. The molecule has 1 saturated heterocycles. The molecule has 3 rings (SSSR count). The number of hydrogen-bond donors (Lipinski definition) is 2. The average Bonchev–Trinajstić information content (AvgIpc) is 2.74.